The standard InChI is InChI=1S/C11H13F3O2/c1-15-9-6-4-3-5-8(9)7-10(16-2)11(12,13)14/h3-6,10H,7H2,1-2H3. The minimum absolute atomic E-state index is 0.246. The molecule has 1 atom stereocenters. The van der Waals surface area contributed by atoms with Crippen molar-refractivity contribution in [3.63, 3.8) is 0 Å². The third-order valence-electron chi connectivity index (χ3n) is 2.25. The summed E-state index contributed by atoms with van der Waals surface area (Å²) in [5, 5.41) is 0. The van der Waals surface area contributed by atoms with Gasteiger partial charge in [0.1, 0.15) is 5.75 Å². The molecule has 1 unspecified atom stereocenters. The van der Waals surface area contributed by atoms with E-state index in [-0.39, 0.29) is 6.42 Å². The van der Waals surface area contributed by atoms with Gasteiger partial charge >= 0.3 is 6.18 Å². The maximum Gasteiger partial charge on any atom is 0.414 e. The van der Waals surface area contributed by atoms with Crippen LogP contribution >= 0.6 is 0 Å². The molecule has 5 heteroatoms. The largest absolute Gasteiger partial charge is 0.496 e. The summed E-state index contributed by atoms with van der Waals surface area (Å²) < 4.78 is 46.8. The monoisotopic (exact) mass is 234 g/mol. The summed E-state index contributed by atoms with van der Waals surface area (Å²) in [5.41, 5.74) is 0.481. The minimum atomic E-state index is -4.37. The normalized spacial score (nSPS) is 13.6. The first kappa shape index (κ1) is 12.8. The second-order valence-electron chi connectivity index (χ2n) is 3.28. The first-order valence-electron chi connectivity index (χ1n) is 4.70. The fraction of sp³-hybridized carbons (Fsp3) is 0.455. The number of benzene rings is 1. The number of alkyl halides is 3. The van der Waals surface area contributed by atoms with Crippen LogP contribution in [0.15, 0.2) is 24.3 Å². The molecule has 0 aliphatic carbocycles. The molecule has 0 aliphatic heterocycles. The van der Waals surface area contributed by atoms with E-state index in [0.29, 0.717) is 11.3 Å². The summed E-state index contributed by atoms with van der Waals surface area (Å²) in [5.74, 6) is 0.439. The van der Waals surface area contributed by atoms with Crippen molar-refractivity contribution in [1.82, 2.24) is 0 Å². The van der Waals surface area contributed by atoms with E-state index in [1.54, 1.807) is 24.3 Å². The molecule has 2 nitrogen and oxygen atoms in total. The van der Waals surface area contributed by atoms with Crippen molar-refractivity contribution >= 4 is 0 Å². The van der Waals surface area contributed by atoms with Crippen LogP contribution in [-0.4, -0.2) is 26.5 Å². The number of rotatable bonds is 4. The van der Waals surface area contributed by atoms with E-state index in [0.717, 1.165) is 7.11 Å². The lowest BCUT2D eigenvalue weighted by atomic mass is 10.1. The Balaban J connectivity index is 2.86. The van der Waals surface area contributed by atoms with Crippen molar-refractivity contribution in [3.8, 4) is 5.75 Å². The highest BCUT2D eigenvalue weighted by molar-refractivity contribution is 5.33. The maximum absolute atomic E-state index is 12.5. The predicted octanol–water partition coefficient (Wildman–Crippen LogP) is 2.82. The highest BCUT2D eigenvalue weighted by Gasteiger charge is 2.40. The number of halogens is 3. The smallest absolute Gasteiger partial charge is 0.414 e. The Morgan fingerprint density at radius 3 is 2.31 bits per heavy atom. The number of methoxy groups -OCH3 is 2. The van der Waals surface area contributed by atoms with Crippen LogP contribution in [0.4, 0.5) is 13.2 Å². The summed E-state index contributed by atoms with van der Waals surface area (Å²) in [6, 6.07) is 6.59. The second kappa shape index (κ2) is 5.21. The van der Waals surface area contributed by atoms with Crippen LogP contribution in [0.25, 0.3) is 0 Å². The van der Waals surface area contributed by atoms with Gasteiger partial charge in [-0.05, 0) is 11.6 Å². The molecule has 0 bridgehead atoms. The molecule has 0 saturated carbocycles. The van der Waals surface area contributed by atoms with Gasteiger partial charge < -0.3 is 9.47 Å². The van der Waals surface area contributed by atoms with E-state index in [2.05, 4.69) is 4.74 Å². The fourth-order valence-electron chi connectivity index (χ4n) is 1.40. The van der Waals surface area contributed by atoms with Gasteiger partial charge in [-0.1, -0.05) is 18.2 Å². The average Bonchev–Trinajstić information content (AvgIpc) is 2.24. The van der Waals surface area contributed by atoms with Gasteiger partial charge in [-0.3, -0.25) is 0 Å². The molecule has 0 saturated heterocycles. The highest BCUT2D eigenvalue weighted by atomic mass is 19.4. The summed E-state index contributed by atoms with van der Waals surface area (Å²) in [7, 11) is 2.47. The molecule has 1 aromatic carbocycles. The molecule has 0 aliphatic rings. The first-order valence-corrected chi connectivity index (χ1v) is 4.70. The summed E-state index contributed by atoms with van der Waals surface area (Å²) >= 11 is 0. The van der Waals surface area contributed by atoms with E-state index in [9.17, 15) is 13.2 Å². The van der Waals surface area contributed by atoms with Gasteiger partial charge in [-0.2, -0.15) is 13.2 Å². The van der Waals surface area contributed by atoms with Crippen LogP contribution in [0.5, 0.6) is 5.75 Å². The Kier molecular flexibility index (Phi) is 4.18. The molecule has 0 heterocycles. The molecule has 0 N–H and O–H groups in total. The third-order valence-corrected chi connectivity index (χ3v) is 2.25. The van der Waals surface area contributed by atoms with Crippen molar-refractivity contribution in [1.29, 1.82) is 0 Å². The van der Waals surface area contributed by atoms with Crippen molar-refractivity contribution in [2.45, 2.75) is 18.7 Å². The highest BCUT2D eigenvalue weighted by Crippen LogP contribution is 2.28. The Morgan fingerprint density at radius 1 is 1.19 bits per heavy atom. The van der Waals surface area contributed by atoms with Crippen molar-refractivity contribution in [2.75, 3.05) is 14.2 Å². The van der Waals surface area contributed by atoms with Crippen LogP contribution in [-0.2, 0) is 11.2 Å². The molecule has 90 valence electrons. The van der Waals surface area contributed by atoms with Crippen LogP contribution in [0, 0.1) is 0 Å². The van der Waals surface area contributed by atoms with Crippen molar-refractivity contribution in [3.05, 3.63) is 29.8 Å². The number of hydrogen-bond donors (Lipinski definition) is 0. The summed E-state index contributed by atoms with van der Waals surface area (Å²) in [6.45, 7) is 0. The molecule has 1 aromatic rings. The molecule has 0 fully saturated rings. The minimum Gasteiger partial charge on any atom is -0.496 e. The summed E-state index contributed by atoms with van der Waals surface area (Å²) in [4.78, 5) is 0. The van der Waals surface area contributed by atoms with Gasteiger partial charge in [0.05, 0.1) is 7.11 Å². The van der Waals surface area contributed by atoms with E-state index < -0.39 is 12.3 Å². The van der Waals surface area contributed by atoms with Gasteiger partial charge in [0.15, 0.2) is 6.10 Å². The molecule has 0 radical (unpaired) electrons. The zero-order valence-corrected chi connectivity index (χ0v) is 9.04. The van der Waals surface area contributed by atoms with Gasteiger partial charge in [0.2, 0.25) is 0 Å². The molecule has 0 spiro atoms. The van der Waals surface area contributed by atoms with Crippen molar-refractivity contribution < 1.29 is 22.6 Å². The second-order valence-corrected chi connectivity index (χ2v) is 3.28. The zero-order valence-electron chi connectivity index (χ0n) is 9.04. The quantitative estimate of drug-likeness (QED) is 0.797. The van der Waals surface area contributed by atoms with Crippen LogP contribution < -0.4 is 4.74 Å². The lowest BCUT2D eigenvalue weighted by Gasteiger charge is -2.19. The van der Waals surface area contributed by atoms with Gasteiger partial charge in [0.25, 0.3) is 0 Å². The lowest BCUT2D eigenvalue weighted by Crippen LogP contribution is -2.32. The van der Waals surface area contributed by atoms with E-state index in [1.165, 1.54) is 7.11 Å². The predicted molar refractivity (Wildman–Crippen MR) is 53.6 cm³/mol. The Bertz CT molecular complexity index is 336. The van der Waals surface area contributed by atoms with Gasteiger partial charge in [-0.15, -0.1) is 0 Å². The molecule has 0 amide bonds. The summed E-state index contributed by atoms with van der Waals surface area (Å²) in [6.07, 6.45) is -6.41. The lowest BCUT2D eigenvalue weighted by molar-refractivity contribution is -0.212. The molecule has 1 rings (SSSR count). The SMILES string of the molecule is COc1ccccc1CC(OC)C(F)(F)F. The van der Waals surface area contributed by atoms with Gasteiger partial charge in [0, 0.05) is 13.5 Å². The maximum atomic E-state index is 12.5. The molecule has 16 heavy (non-hydrogen) atoms. The van der Waals surface area contributed by atoms with Crippen LogP contribution in [0.1, 0.15) is 5.56 Å². The topological polar surface area (TPSA) is 18.5 Å². The van der Waals surface area contributed by atoms with Crippen LogP contribution in [0.2, 0.25) is 0 Å². The Hall–Kier alpha value is -1.23. The van der Waals surface area contributed by atoms with Crippen molar-refractivity contribution in [2.24, 2.45) is 0 Å². The van der Waals surface area contributed by atoms with E-state index >= 15 is 0 Å². The first-order chi connectivity index (χ1) is 7.49. The molecule has 0 aromatic heterocycles. The third kappa shape index (κ3) is 3.13. The van der Waals surface area contributed by atoms with Gasteiger partial charge in [-0.25, -0.2) is 0 Å². The van der Waals surface area contributed by atoms with Crippen LogP contribution in [0.3, 0.4) is 0 Å². The molecular weight excluding hydrogens is 221 g/mol. The number of ether oxygens (including phenoxy) is 2. The Morgan fingerprint density at radius 2 is 1.81 bits per heavy atom. The average molecular weight is 234 g/mol. The number of hydrogen-bond acceptors (Lipinski definition) is 2. The van der Waals surface area contributed by atoms with E-state index in [4.69, 9.17) is 4.74 Å². The molecular formula is C11H13F3O2. The number of para-hydroxylation sites is 1. The fourth-order valence-corrected chi connectivity index (χ4v) is 1.40. The zero-order chi connectivity index (χ0) is 12.2. The Labute approximate surface area is 92.0 Å². The van der Waals surface area contributed by atoms with E-state index in [1.807, 2.05) is 0 Å².